The predicted molar refractivity (Wildman–Crippen MR) is 61.2 cm³/mol. The summed E-state index contributed by atoms with van der Waals surface area (Å²) in [6, 6.07) is 11.8. The van der Waals surface area contributed by atoms with E-state index in [1.54, 1.807) is 18.4 Å². The monoisotopic (exact) mass is 214 g/mol. The first-order valence-corrected chi connectivity index (χ1v) is 5.66. The van der Waals surface area contributed by atoms with Crippen LogP contribution in [0.1, 0.15) is 41.8 Å². The molecule has 1 unspecified atom stereocenters. The fraction of sp³-hybridized carbons (Fsp3) is 0.286. The standard InChI is InChI=1S/C14H14O2/c15-14(13-2-1-9-16-13)12-7-5-11(6-8-12)10-3-4-10/h1-2,5-10,14-15H,3-4H2. The Balaban J connectivity index is 1.83. The lowest BCUT2D eigenvalue weighted by Crippen LogP contribution is -1.97. The summed E-state index contributed by atoms with van der Waals surface area (Å²) in [4.78, 5) is 0. The third kappa shape index (κ3) is 1.76. The molecule has 1 heterocycles. The number of benzene rings is 1. The summed E-state index contributed by atoms with van der Waals surface area (Å²) in [6.45, 7) is 0. The first-order chi connectivity index (χ1) is 7.84. The van der Waals surface area contributed by atoms with E-state index in [0.717, 1.165) is 11.5 Å². The van der Waals surface area contributed by atoms with Gasteiger partial charge in [-0.1, -0.05) is 24.3 Å². The molecule has 16 heavy (non-hydrogen) atoms. The van der Waals surface area contributed by atoms with Gasteiger partial charge in [-0.15, -0.1) is 0 Å². The second-order valence-corrected chi connectivity index (χ2v) is 4.36. The van der Waals surface area contributed by atoms with Gasteiger partial charge >= 0.3 is 0 Å². The van der Waals surface area contributed by atoms with E-state index in [1.165, 1.54) is 18.4 Å². The summed E-state index contributed by atoms with van der Waals surface area (Å²) in [5, 5.41) is 10.0. The molecule has 0 spiro atoms. The van der Waals surface area contributed by atoms with Crippen molar-refractivity contribution >= 4 is 0 Å². The second-order valence-electron chi connectivity index (χ2n) is 4.36. The molecule has 1 saturated carbocycles. The lowest BCUT2D eigenvalue weighted by atomic mass is 10.0. The molecule has 1 fully saturated rings. The van der Waals surface area contributed by atoms with Gasteiger partial charge in [0.15, 0.2) is 0 Å². The van der Waals surface area contributed by atoms with Gasteiger partial charge in [0.25, 0.3) is 0 Å². The van der Waals surface area contributed by atoms with Crippen LogP contribution in [0.4, 0.5) is 0 Å². The molecule has 0 radical (unpaired) electrons. The van der Waals surface area contributed by atoms with Crippen LogP contribution in [0.3, 0.4) is 0 Å². The molecular weight excluding hydrogens is 200 g/mol. The lowest BCUT2D eigenvalue weighted by molar-refractivity contribution is 0.189. The van der Waals surface area contributed by atoms with Gasteiger partial charge in [0, 0.05) is 0 Å². The van der Waals surface area contributed by atoms with Crippen LogP contribution in [-0.4, -0.2) is 5.11 Å². The summed E-state index contributed by atoms with van der Waals surface area (Å²) < 4.78 is 5.19. The van der Waals surface area contributed by atoms with Crippen LogP contribution in [0, 0.1) is 0 Å². The molecule has 0 bridgehead atoms. The largest absolute Gasteiger partial charge is 0.466 e. The third-order valence-corrected chi connectivity index (χ3v) is 3.11. The van der Waals surface area contributed by atoms with Crippen molar-refractivity contribution < 1.29 is 9.52 Å². The van der Waals surface area contributed by atoms with Gasteiger partial charge in [-0.2, -0.15) is 0 Å². The molecule has 1 N–H and O–H groups in total. The van der Waals surface area contributed by atoms with Crippen LogP contribution in [0.15, 0.2) is 47.1 Å². The number of hydrogen-bond acceptors (Lipinski definition) is 2. The zero-order valence-electron chi connectivity index (χ0n) is 8.97. The number of aliphatic hydroxyl groups is 1. The number of aliphatic hydroxyl groups excluding tert-OH is 1. The third-order valence-electron chi connectivity index (χ3n) is 3.11. The van der Waals surface area contributed by atoms with Gasteiger partial charge in [-0.05, 0) is 42.0 Å². The van der Waals surface area contributed by atoms with E-state index in [-0.39, 0.29) is 0 Å². The number of furan rings is 1. The minimum Gasteiger partial charge on any atom is -0.466 e. The normalized spacial score (nSPS) is 17.3. The van der Waals surface area contributed by atoms with Crippen molar-refractivity contribution in [3.63, 3.8) is 0 Å². The molecule has 2 aromatic rings. The quantitative estimate of drug-likeness (QED) is 0.850. The minimum atomic E-state index is -0.650. The van der Waals surface area contributed by atoms with Crippen LogP contribution >= 0.6 is 0 Å². The number of hydrogen-bond donors (Lipinski definition) is 1. The molecule has 1 aliphatic carbocycles. The molecule has 0 saturated heterocycles. The van der Waals surface area contributed by atoms with E-state index < -0.39 is 6.10 Å². The topological polar surface area (TPSA) is 33.4 Å². The Hall–Kier alpha value is -1.54. The van der Waals surface area contributed by atoms with Gasteiger partial charge in [0.05, 0.1) is 6.26 Å². The molecule has 3 rings (SSSR count). The maximum atomic E-state index is 10.0. The predicted octanol–water partition coefficient (Wildman–Crippen LogP) is 3.24. The molecule has 1 atom stereocenters. The average Bonchev–Trinajstić information content (AvgIpc) is 3.04. The highest BCUT2D eigenvalue weighted by Gasteiger charge is 2.23. The van der Waals surface area contributed by atoms with Crippen LogP contribution in [0.2, 0.25) is 0 Å². The Labute approximate surface area is 94.5 Å². The molecule has 2 nitrogen and oxygen atoms in total. The zero-order chi connectivity index (χ0) is 11.0. The van der Waals surface area contributed by atoms with Gasteiger partial charge in [0.2, 0.25) is 0 Å². The van der Waals surface area contributed by atoms with Crippen molar-refractivity contribution in [1.82, 2.24) is 0 Å². The summed E-state index contributed by atoms with van der Waals surface area (Å²) >= 11 is 0. The Morgan fingerprint density at radius 3 is 2.44 bits per heavy atom. The van der Waals surface area contributed by atoms with Crippen LogP contribution in [0.25, 0.3) is 0 Å². The molecule has 1 aromatic heterocycles. The van der Waals surface area contributed by atoms with Crippen molar-refractivity contribution in [3.8, 4) is 0 Å². The maximum absolute atomic E-state index is 10.0. The highest BCUT2D eigenvalue weighted by atomic mass is 16.4. The van der Waals surface area contributed by atoms with E-state index in [9.17, 15) is 5.11 Å². The molecule has 1 aromatic carbocycles. The van der Waals surface area contributed by atoms with E-state index >= 15 is 0 Å². The maximum Gasteiger partial charge on any atom is 0.137 e. The molecular formula is C14H14O2. The molecule has 82 valence electrons. The van der Waals surface area contributed by atoms with Crippen molar-refractivity contribution in [2.45, 2.75) is 24.9 Å². The molecule has 1 aliphatic rings. The molecule has 0 aliphatic heterocycles. The molecule has 2 heteroatoms. The van der Waals surface area contributed by atoms with E-state index in [1.807, 2.05) is 12.1 Å². The average molecular weight is 214 g/mol. The van der Waals surface area contributed by atoms with Crippen LogP contribution < -0.4 is 0 Å². The van der Waals surface area contributed by atoms with Gasteiger partial charge < -0.3 is 9.52 Å². The van der Waals surface area contributed by atoms with Crippen molar-refractivity contribution in [2.75, 3.05) is 0 Å². The van der Waals surface area contributed by atoms with E-state index in [2.05, 4.69) is 12.1 Å². The Morgan fingerprint density at radius 1 is 1.12 bits per heavy atom. The number of rotatable bonds is 3. The summed E-state index contributed by atoms with van der Waals surface area (Å²) in [7, 11) is 0. The summed E-state index contributed by atoms with van der Waals surface area (Å²) in [6.07, 6.45) is 3.54. The first-order valence-electron chi connectivity index (χ1n) is 5.66. The SMILES string of the molecule is OC(c1ccc(C2CC2)cc1)c1ccco1. The van der Waals surface area contributed by atoms with Crippen LogP contribution in [0.5, 0.6) is 0 Å². The second kappa shape index (κ2) is 3.80. The van der Waals surface area contributed by atoms with E-state index in [4.69, 9.17) is 4.42 Å². The van der Waals surface area contributed by atoms with E-state index in [0.29, 0.717) is 5.76 Å². The fourth-order valence-corrected chi connectivity index (χ4v) is 1.98. The van der Waals surface area contributed by atoms with Gasteiger partial charge in [-0.25, -0.2) is 0 Å². The highest BCUT2D eigenvalue weighted by molar-refractivity contribution is 5.31. The highest BCUT2D eigenvalue weighted by Crippen LogP contribution is 2.40. The smallest absolute Gasteiger partial charge is 0.137 e. The van der Waals surface area contributed by atoms with Crippen molar-refractivity contribution in [1.29, 1.82) is 0 Å². The first kappa shape index (κ1) is 9.67. The minimum absolute atomic E-state index is 0.596. The lowest BCUT2D eigenvalue weighted by Gasteiger charge is -2.08. The molecule has 0 amide bonds. The van der Waals surface area contributed by atoms with Crippen molar-refractivity contribution in [3.05, 3.63) is 59.5 Å². The summed E-state index contributed by atoms with van der Waals surface area (Å²) in [5.41, 5.74) is 2.27. The van der Waals surface area contributed by atoms with Gasteiger partial charge in [0.1, 0.15) is 11.9 Å². The van der Waals surface area contributed by atoms with Crippen LogP contribution in [-0.2, 0) is 0 Å². The Bertz CT molecular complexity index is 452. The zero-order valence-corrected chi connectivity index (χ0v) is 8.97. The Morgan fingerprint density at radius 2 is 1.88 bits per heavy atom. The fourth-order valence-electron chi connectivity index (χ4n) is 1.98. The Kier molecular flexibility index (Phi) is 2.29. The van der Waals surface area contributed by atoms with Crippen molar-refractivity contribution in [2.24, 2.45) is 0 Å². The van der Waals surface area contributed by atoms with Gasteiger partial charge in [-0.3, -0.25) is 0 Å². The summed E-state index contributed by atoms with van der Waals surface area (Å²) in [5.74, 6) is 1.36.